The summed E-state index contributed by atoms with van der Waals surface area (Å²) < 4.78 is 16.1. The zero-order chi connectivity index (χ0) is 14.1. The van der Waals surface area contributed by atoms with Crippen molar-refractivity contribution in [1.82, 2.24) is 0 Å². The Morgan fingerprint density at radius 2 is 1.79 bits per heavy atom. The Kier molecular flexibility index (Phi) is 3.53. The van der Waals surface area contributed by atoms with Gasteiger partial charge in [0.2, 0.25) is 0 Å². The molecular formula is C15H19NO3. The molecule has 0 radical (unpaired) electrons. The molecule has 19 heavy (non-hydrogen) atoms. The van der Waals surface area contributed by atoms with Crippen LogP contribution in [0.5, 0.6) is 5.75 Å². The van der Waals surface area contributed by atoms with E-state index < -0.39 is 11.2 Å². The minimum absolute atomic E-state index is 0.537. The van der Waals surface area contributed by atoms with Gasteiger partial charge in [0.1, 0.15) is 5.75 Å². The quantitative estimate of drug-likeness (QED) is 0.782. The second kappa shape index (κ2) is 4.84. The summed E-state index contributed by atoms with van der Waals surface area (Å²) in [5.74, 6) is 0.174. The first-order valence-corrected chi connectivity index (χ1v) is 6.21. The molecule has 1 aliphatic carbocycles. The van der Waals surface area contributed by atoms with Crippen molar-refractivity contribution in [2.75, 3.05) is 21.3 Å². The third-order valence-electron chi connectivity index (χ3n) is 4.06. The fourth-order valence-corrected chi connectivity index (χ4v) is 2.71. The van der Waals surface area contributed by atoms with Gasteiger partial charge in [-0.25, -0.2) is 0 Å². The van der Waals surface area contributed by atoms with Crippen LogP contribution in [0.15, 0.2) is 18.2 Å². The van der Waals surface area contributed by atoms with Gasteiger partial charge in [-0.2, -0.15) is 5.26 Å². The predicted molar refractivity (Wildman–Crippen MR) is 71.0 cm³/mol. The highest BCUT2D eigenvalue weighted by atomic mass is 16.7. The molecule has 0 amide bonds. The second-order valence-electron chi connectivity index (χ2n) is 5.05. The summed E-state index contributed by atoms with van der Waals surface area (Å²) in [7, 11) is 4.86. The Bertz CT molecular complexity index is 507. The molecule has 1 saturated carbocycles. The Morgan fingerprint density at radius 1 is 1.16 bits per heavy atom. The van der Waals surface area contributed by atoms with Crippen molar-refractivity contribution in [2.24, 2.45) is 0 Å². The van der Waals surface area contributed by atoms with E-state index in [1.54, 1.807) is 21.3 Å². The van der Waals surface area contributed by atoms with Crippen LogP contribution in [0, 0.1) is 18.3 Å². The van der Waals surface area contributed by atoms with Crippen LogP contribution in [-0.2, 0) is 14.9 Å². The summed E-state index contributed by atoms with van der Waals surface area (Å²) in [4.78, 5) is 0. The zero-order valence-electron chi connectivity index (χ0n) is 11.8. The molecule has 2 rings (SSSR count). The Morgan fingerprint density at radius 3 is 2.26 bits per heavy atom. The van der Waals surface area contributed by atoms with E-state index in [4.69, 9.17) is 14.2 Å². The van der Waals surface area contributed by atoms with Crippen LogP contribution < -0.4 is 4.74 Å². The number of ether oxygens (including phenoxy) is 3. The summed E-state index contributed by atoms with van der Waals surface area (Å²) in [6.45, 7) is 1.98. The average molecular weight is 261 g/mol. The second-order valence-corrected chi connectivity index (χ2v) is 5.05. The standard InChI is InChI=1S/C15H19NO3/c1-11-5-6-12(7-13(11)17-2)14(10-16)8-15(9-14,18-3)19-4/h5-7H,8-9H2,1-4H3. The Hall–Kier alpha value is -1.57. The highest BCUT2D eigenvalue weighted by Crippen LogP contribution is 2.52. The zero-order valence-corrected chi connectivity index (χ0v) is 11.8. The van der Waals surface area contributed by atoms with E-state index in [2.05, 4.69) is 6.07 Å². The number of nitriles is 1. The van der Waals surface area contributed by atoms with Crippen molar-refractivity contribution in [3.05, 3.63) is 29.3 Å². The molecule has 0 unspecified atom stereocenters. The van der Waals surface area contributed by atoms with Crippen LogP contribution in [0.1, 0.15) is 24.0 Å². The van der Waals surface area contributed by atoms with Crippen LogP contribution in [0.3, 0.4) is 0 Å². The molecule has 0 N–H and O–H groups in total. The molecule has 0 aromatic heterocycles. The molecule has 1 aromatic rings. The first-order chi connectivity index (χ1) is 9.04. The Balaban J connectivity index is 2.33. The number of rotatable bonds is 4. The summed E-state index contributed by atoms with van der Waals surface area (Å²) in [6, 6.07) is 8.31. The molecule has 0 saturated heterocycles. The normalized spacial score (nSPS) is 19.3. The van der Waals surface area contributed by atoms with Gasteiger partial charge in [-0.05, 0) is 24.1 Å². The minimum atomic E-state index is -0.631. The molecule has 1 aromatic carbocycles. The Labute approximate surface area is 113 Å². The molecular weight excluding hydrogens is 242 g/mol. The number of benzene rings is 1. The minimum Gasteiger partial charge on any atom is -0.496 e. The molecule has 4 nitrogen and oxygen atoms in total. The fraction of sp³-hybridized carbons (Fsp3) is 0.533. The molecule has 0 aliphatic heterocycles. The molecule has 102 valence electrons. The van der Waals surface area contributed by atoms with Gasteiger partial charge in [0.15, 0.2) is 5.79 Å². The molecule has 0 bridgehead atoms. The summed E-state index contributed by atoms with van der Waals surface area (Å²) >= 11 is 0. The van der Waals surface area contributed by atoms with E-state index >= 15 is 0 Å². The molecule has 1 fully saturated rings. The van der Waals surface area contributed by atoms with Crippen LogP contribution in [0.4, 0.5) is 0 Å². The summed E-state index contributed by atoms with van der Waals surface area (Å²) in [6.07, 6.45) is 1.07. The largest absolute Gasteiger partial charge is 0.496 e. The van der Waals surface area contributed by atoms with Crippen molar-refractivity contribution in [1.29, 1.82) is 5.26 Å². The van der Waals surface area contributed by atoms with Crippen LogP contribution >= 0.6 is 0 Å². The topological polar surface area (TPSA) is 51.5 Å². The first-order valence-electron chi connectivity index (χ1n) is 6.21. The maximum atomic E-state index is 9.54. The van der Waals surface area contributed by atoms with Gasteiger partial charge in [0.05, 0.1) is 18.6 Å². The van der Waals surface area contributed by atoms with E-state index in [1.807, 2.05) is 25.1 Å². The molecule has 1 aliphatic rings. The van der Waals surface area contributed by atoms with E-state index in [0.29, 0.717) is 12.8 Å². The van der Waals surface area contributed by atoms with Crippen LogP contribution in [0.25, 0.3) is 0 Å². The lowest BCUT2D eigenvalue weighted by Crippen LogP contribution is -2.56. The average Bonchev–Trinajstić information content (AvgIpc) is 2.41. The molecule has 0 atom stereocenters. The van der Waals surface area contributed by atoms with E-state index in [1.165, 1.54) is 0 Å². The lowest BCUT2D eigenvalue weighted by atomic mass is 9.61. The van der Waals surface area contributed by atoms with Gasteiger partial charge >= 0.3 is 0 Å². The molecule has 0 heterocycles. The number of hydrogen-bond donors (Lipinski definition) is 0. The smallest absolute Gasteiger partial charge is 0.171 e. The third-order valence-corrected chi connectivity index (χ3v) is 4.06. The van der Waals surface area contributed by atoms with E-state index in [9.17, 15) is 5.26 Å². The monoisotopic (exact) mass is 261 g/mol. The van der Waals surface area contributed by atoms with Crippen molar-refractivity contribution >= 4 is 0 Å². The maximum absolute atomic E-state index is 9.54. The third kappa shape index (κ3) is 2.09. The SMILES string of the molecule is COc1cc(C2(C#N)CC(OC)(OC)C2)ccc1C. The predicted octanol–water partition coefficient (Wildman–Crippen LogP) is 2.55. The van der Waals surface area contributed by atoms with Crippen LogP contribution in [0.2, 0.25) is 0 Å². The highest BCUT2D eigenvalue weighted by molar-refractivity contribution is 5.45. The van der Waals surface area contributed by atoms with Crippen molar-refractivity contribution in [3.63, 3.8) is 0 Å². The van der Waals surface area contributed by atoms with E-state index in [-0.39, 0.29) is 0 Å². The number of hydrogen-bond acceptors (Lipinski definition) is 4. The molecule has 0 spiro atoms. The lowest BCUT2D eigenvalue weighted by Gasteiger charge is -2.50. The van der Waals surface area contributed by atoms with E-state index in [0.717, 1.165) is 16.9 Å². The number of methoxy groups -OCH3 is 3. The summed E-state index contributed by atoms with van der Waals surface area (Å²) in [5, 5.41) is 9.54. The van der Waals surface area contributed by atoms with Gasteiger partial charge in [-0.3, -0.25) is 0 Å². The first kappa shape index (κ1) is 13.9. The van der Waals surface area contributed by atoms with Gasteiger partial charge in [-0.15, -0.1) is 0 Å². The van der Waals surface area contributed by atoms with Crippen molar-refractivity contribution < 1.29 is 14.2 Å². The van der Waals surface area contributed by atoms with Crippen LogP contribution in [-0.4, -0.2) is 27.1 Å². The lowest BCUT2D eigenvalue weighted by molar-refractivity contribution is -0.269. The molecule has 4 heteroatoms. The van der Waals surface area contributed by atoms with Gasteiger partial charge in [-0.1, -0.05) is 12.1 Å². The van der Waals surface area contributed by atoms with Crippen molar-refractivity contribution in [3.8, 4) is 11.8 Å². The summed E-state index contributed by atoms with van der Waals surface area (Å²) in [5.41, 5.74) is 1.47. The van der Waals surface area contributed by atoms with Gasteiger partial charge < -0.3 is 14.2 Å². The fourth-order valence-electron chi connectivity index (χ4n) is 2.71. The van der Waals surface area contributed by atoms with Gasteiger partial charge in [0, 0.05) is 27.1 Å². The van der Waals surface area contributed by atoms with Crippen molar-refractivity contribution in [2.45, 2.75) is 31.0 Å². The highest BCUT2D eigenvalue weighted by Gasteiger charge is 2.57. The van der Waals surface area contributed by atoms with Gasteiger partial charge in [0.25, 0.3) is 0 Å². The number of aryl methyl sites for hydroxylation is 1. The maximum Gasteiger partial charge on any atom is 0.171 e. The number of nitrogens with zero attached hydrogens (tertiary/aromatic N) is 1.